The molecule has 6 rings (SSSR count). The van der Waals surface area contributed by atoms with Crippen molar-refractivity contribution in [3.63, 3.8) is 0 Å². The number of para-hydroxylation sites is 2. The Labute approximate surface area is 191 Å². The Morgan fingerprint density at radius 2 is 0.969 bits per heavy atom. The van der Waals surface area contributed by atoms with Crippen molar-refractivity contribution in [3.8, 4) is 11.1 Å². The van der Waals surface area contributed by atoms with Crippen molar-refractivity contribution in [1.82, 2.24) is 0 Å². The highest BCUT2D eigenvalue weighted by molar-refractivity contribution is 5.83. The predicted octanol–water partition coefficient (Wildman–Crippen LogP) is 8.97. The SMILES string of the molecule is c1ccc(-c2ccc(N3c4ccccc4C4CCCCCC4c4ccccc43)cc2)cc1. The minimum Gasteiger partial charge on any atom is -0.310 e. The molecule has 0 radical (unpaired) electrons. The van der Waals surface area contributed by atoms with Crippen molar-refractivity contribution in [1.29, 1.82) is 0 Å². The molecule has 4 aromatic rings. The Hall–Kier alpha value is -3.32. The van der Waals surface area contributed by atoms with Gasteiger partial charge in [0.2, 0.25) is 0 Å². The minimum atomic E-state index is 0.600. The maximum atomic E-state index is 2.51. The van der Waals surface area contributed by atoms with Crippen LogP contribution in [0.3, 0.4) is 0 Å². The fourth-order valence-corrected chi connectivity index (χ4v) is 5.90. The molecule has 0 amide bonds. The number of rotatable bonds is 2. The molecule has 1 aliphatic carbocycles. The van der Waals surface area contributed by atoms with E-state index in [0.29, 0.717) is 11.8 Å². The fraction of sp³-hybridized carbons (Fsp3) is 0.226. The molecular formula is C31H29N. The van der Waals surface area contributed by atoms with Crippen molar-refractivity contribution < 1.29 is 0 Å². The van der Waals surface area contributed by atoms with E-state index in [1.807, 2.05) is 0 Å². The van der Waals surface area contributed by atoms with E-state index >= 15 is 0 Å². The predicted molar refractivity (Wildman–Crippen MR) is 135 cm³/mol. The van der Waals surface area contributed by atoms with Gasteiger partial charge in [-0.05, 0) is 71.2 Å². The zero-order valence-corrected chi connectivity index (χ0v) is 18.5. The van der Waals surface area contributed by atoms with Crippen molar-refractivity contribution in [2.75, 3.05) is 4.90 Å². The van der Waals surface area contributed by atoms with Gasteiger partial charge in [0.1, 0.15) is 0 Å². The highest BCUT2D eigenvalue weighted by Gasteiger charge is 2.35. The van der Waals surface area contributed by atoms with E-state index in [9.17, 15) is 0 Å². The van der Waals surface area contributed by atoms with Crippen LogP contribution in [-0.4, -0.2) is 0 Å². The van der Waals surface area contributed by atoms with Gasteiger partial charge in [-0.2, -0.15) is 0 Å². The van der Waals surface area contributed by atoms with E-state index in [1.54, 1.807) is 0 Å². The normalized spacial score (nSPS) is 19.8. The van der Waals surface area contributed by atoms with E-state index < -0.39 is 0 Å². The standard InChI is InChI=1S/C31H29N/c1-3-11-23(12-4-1)24-19-21-25(22-20-24)32-30-17-9-7-15-28(30)26-13-5-2-6-14-27(26)29-16-8-10-18-31(29)32/h1,3-4,7-12,15-22,26-27H,2,5-6,13-14H2. The largest absolute Gasteiger partial charge is 0.310 e. The maximum absolute atomic E-state index is 2.51. The summed E-state index contributed by atoms with van der Waals surface area (Å²) in [6.07, 6.45) is 6.61. The van der Waals surface area contributed by atoms with Crippen molar-refractivity contribution >= 4 is 17.1 Å². The van der Waals surface area contributed by atoms with Gasteiger partial charge in [-0.3, -0.25) is 0 Å². The molecule has 1 fully saturated rings. The molecule has 32 heavy (non-hydrogen) atoms. The van der Waals surface area contributed by atoms with Crippen LogP contribution in [0.5, 0.6) is 0 Å². The van der Waals surface area contributed by atoms with Crippen LogP contribution in [0.15, 0.2) is 103 Å². The van der Waals surface area contributed by atoms with Crippen LogP contribution in [0, 0.1) is 0 Å². The minimum absolute atomic E-state index is 0.600. The summed E-state index contributed by atoms with van der Waals surface area (Å²) in [4.78, 5) is 2.51. The number of anilines is 3. The maximum Gasteiger partial charge on any atom is 0.0496 e. The van der Waals surface area contributed by atoms with Gasteiger partial charge in [-0.15, -0.1) is 0 Å². The Morgan fingerprint density at radius 1 is 0.469 bits per heavy atom. The second-order valence-corrected chi connectivity index (χ2v) is 9.22. The van der Waals surface area contributed by atoms with Gasteiger partial charge >= 0.3 is 0 Å². The first kappa shape index (κ1) is 19.4. The molecule has 0 N–H and O–H groups in total. The second-order valence-electron chi connectivity index (χ2n) is 9.22. The van der Waals surface area contributed by atoms with Crippen LogP contribution in [0.1, 0.15) is 55.1 Å². The monoisotopic (exact) mass is 415 g/mol. The van der Waals surface area contributed by atoms with E-state index in [1.165, 1.54) is 71.4 Å². The summed E-state index contributed by atoms with van der Waals surface area (Å²) in [5.41, 5.74) is 9.49. The summed E-state index contributed by atoms with van der Waals surface area (Å²) in [7, 11) is 0. The molecule has 4 aromatic carbocycles. The molecule has 1 nitrogen and oxygen atoms in total. The molecule has 1 saturated carbocycles. The average Bonchev–Trinajstić information content (AvgIpc) is 3.17. The second kappa shape index (κ2) is 8.31. The van der Waals surface area contributed by atoms with Gasteiger partial charge in [0.25, 0.3) is 0 Å². The lowest BCUT2D eigenvalue weighted by atomic mass is 9.78. The molecule has 158 valence electrons. The molecular weight excluding hydrogens is 386 g/mol. The van der Waals surface area contributed by atoms with Gasteiger partial charge in [-0.1, -0.05) is 98.1 Å². The van der Waals surface area contributed by atoms with E-state index in [0.717, 1.165) is 0 Å². The number of nitrogens with zero attached hydrogens (tertiary/aromatic N) is 1. The highest BCUT2D eigenvalue weighted by atomic mass is 15.2. The van der Waals surface area contributed by atoms with Crippen molar-refractivity contribution in [2.45, 2.75) is 43.9 Å². The molecule has 1 heterocycles. The van der Waals surface area contributed by atoms with Crippen LogP contribution in [-0.2, 0) is 0 Å². The zero-order chi connectivity index (χ0) is 21.3. The zero-order valence-electron chi connectivity index (χ0n) is 18.5. The van der Waals surface area contributed by atoms with Crippen LogP contribution < -0.4 is 4.90 Å². The molecule has 0 bridgehead atoms. The molecule has 0 aromatic heterocycles. The van der Waals surface area contributed by atoms with Crippen LogP contribution >= 0.6 is 0 Å². The Bertz CT molecular complexity index is 1150. The summed E-state index contributed by atoms with van der Waals surface area (Å²) < 4.78 is 0. The first-order chi connectivity index (χ1) is 15.9. The van der Waals surface area contributed by atoms with Gasteiger partial charge < -0.3 is 4.90 Å². The average molecular weight is 416 g/mol. The fourth-order valence-electron chi connectivity index (χ4n) is 5.90. The summed E-state index contributed by atoms with van der Waals surface area (Å²) >= 11 is 0. The topological polar surface area (TPSA) is 3.24 Å². The summed E-state index contributed by atoms with van der Waals surface area (Å²) in [5, 5.41) is 0. The van der Waals surface area contributed by atoms with Gasteiger partial charge in [0.15, 0.2) is 0 Å². The summed E-state index contributed by atoms with van der Waals surface area (Å²) in [5.74, 6) is 1.20. The number of benzene rings is 4. The third-order valence-electron chi connectivity index (χ3n) is 7.40. The van der Waals surface area contributed by atoms with Crippen LogP contribution in [0.4, 0.5) is 17.1 Å². The smallest absolute Gasteiger partial charge is 0.0496 e. The molecule has 2 unspecified atom stereocenters. The van der Waals surface area contributed by atoms with Crippen LogP contribution in [0.2, 0.25) is 0 Å². The Balaban J connectivity index is 1.52. The lowest BCUT2D eigenvalue weighted by Gasteiger charge is -2.28. The first-order valence-electron chi connectivity index (χ1n) is 12.0. The summed E-state index contributed by atoms with van der Waals surface area (Å²) in [6, 6.07) is 38.0. The lowest BCUT2D eigenvalue weighted by Crippen LogP contribution is -2.11. The number of hydrogen-bond donors (Lipinski definition) is 0. The van der Waals surface area contributed by atoms with Crippen molar-refractivity contribution in [3.05, 3.63) is 114 Å². The van der Waals surface area contributed by atoms with E-state index in [-0.39, 0.29) is 0 Å². The highest BCUT2D eigenvalue weighted by Crippen LogP contribution is 2.54. The van der Waals surface area contributed by atoms with E-state index in [2.05, 4.69) is 108 Å². The molecule has 0 saturated heterocycles. The Morgan fingerprint density at radius 3 is 1.56 bits per heavy atom. The molecule has 2 atom stereocenters. The number of hydrogen-bond acceptors (Lipinski definition) is 1. The van der Waals surface area contributed by atoms with Crippen LogP contribution in [0.25, 0.3) is 11.1 Å². The number of fused-ring (bicyclic) bond motifs is 5. The summed E-state index contributed by atoms with van der Waals surface area (Å²) in [6.45, 7) is 0. The quantitative estimate of drug-likeness (QED) is 0.316. The molecule has 0 spiro atoms. The molecule has 1 heteroatoms. The third kappa shape index (κ3) is 3.33. The van der Waals surface area contributed by atoms with Gasteiger partial charge in [-0.25, -0.2) is 0 Å². The van der Waals surface area contributed by atoms with Crippen molar-refractivity contribution in [2.24, 2.45) is 0 Å². The van der Waals surface area contributed by atoms with Gasteiger partial charge in [0.05, 0.1) is 0 Å². The third-order valence-corrected chi connectivity index (χ3v) is 7.40. The van der Waals surface area contributed by atoms with E-state index in [4.69, 9.17) is 0 Å². The molecule has 1 aliphatic heterocycles. The van der Waals surface area contributed by atoms with Gasteiger partial charge in [0, 0.05) is 17.1 Å². The lowest BCUT2D eigenvalue weighted by molar-refractivity contribution is 0.515. The first-order valence-corrected chi connectivity index (χ1v) is 12.0. The molecule has 2 aliphatic rings. The Kier molecular flexibility index (Phi) is 5.03.